The van der Waals surface area contributed by atoms with E-state index in [1.165, 1.54) is 12.1 Å². The van der Waals surface area contributed by atoms with Crippen molar-refractivity contribution in [3.05, 3.63) is 24.3 Å². The van der Waals surface area contributed by atoms with Crippen LogP contribution < -0.4 is 9.47 Å². The highest BCUT2D eigenvalue weighted by atomic mass is 32.2. The first kappa shape index (κ1) is 19.3. The maximum absolute atomic E-state index is 12.1. The van der Waals surface area contributed by atoms with Gasteiger partial charge in [0.1, 0.15) is 17.6 Å². The molecule has 140 valence electrons. The third-order valence-corrected chi connectivity index (χ3v) is 4.74. The van der Waals surface area contributed by atoms with Crippen molar-refractivity contribution in [2.45, 2.75) is 32.2 Å². The number of carbonyl (C=O) groups is 1. The highest BCUT2D eigenvalue weighted by Gasteiger charge is 2.32. The summed E-state index contributed by atoms with van der Waals surface area (Å²) >= 11 is 0. The minimum absolute atomic E-state index is 0.107. The predicted octanol–water partition coefficient (Wildman–Crippen LogP) is 2.24. The van der Waals surface area contributed by atoms with E-state index in [9.17, 15) is 26.4 Å². The molecule has 11 heteroatoms. The number of benzene rings is 1. The zero-order valence-electron chi connectivity index (χ0n) is 13.2. The second-order valence-corrected chi connectivity index (χ2v) is 6.81. The summed E-state index contributed by atoms with van der Waals surface area (Å²) in [7, 11) is -4.10. The van der Waals surface area contributed by atoms with Gasteiger partial charge in [-0.2, -0.15) is 12.7 Å². The Morgan fingerprint density at radius 1 is 1.12 bits per heavy atom. The summed E-state index contributed by atoms with van der Waals surface area (Å²) in [6.45, 7) is 1.21. The third-order valence-electron chi connectivity index (χ3n) is 3.30. The van der Waals surface area contributed by atoms with E-state index in [1.54, 1.807) is 0 Å². The van der Waals surface area contributed by atoms with Crippen LogP contribution in [0.1, 0.15) is 19.8 Å². The Kier molecular flexibility index (Phi) is 5.78. The number of hydrogen-bond donors (Lipinski definition) is 0. The van der Waals surface area contributed by atoms with Crippen LogP contribution in [0.5, 0.6) is 11.5 Å². The Labute approximate surface area is 142 Å². The molecule has 0 saturated carbocycles. The molecule has 0 unspecified atom stereocenters. The van der Waals surface area contributed by atoms with Gasteiger partial charge in [0.25, 0.3) is 0 Å². The van der Waals surface area contributed by atoms with E-state index >= 15 is 0 Å². The first-order chi connectivity index (χ1) is 11.5. The quantitative estimate of drug-likeness (QED) is 0.776. The first-order valence-electron chi connectivity index (χ1n) is 7.28. The normalized spacial score (nSPS) is 17.1. The molecule has 0 spiro atoms. The molecule has 0 bridgehead atoms. The lowest BCUT2D eigenvalue weighted by Crippen LogP contribution is -2.42. The maximum Gasteiger partial charge on any atom is 0.573 e. The molecule has 2 rings (SSSR count). The molecule has 0 radical (unpaired) electrons. The Morgan fingerprint density at radius 2 is 1.64 bits per heavy atom. The van der Waals surface area contributed by atoms with Crippen molar-refractivity contribution in [1.82, 2.24) is 4.31 Å². The number of rotatable bonds is 5. The van der Waals surface area contributed by atoms with Gasteiger partial charge in [0.05, 0.1) is 0 Å². The maximum atomic E-state index is 12.1. The second kappa shape index (κ2) is 7.48. The lowest BCUT2D eigenvalue weighted by Gasteiger charge is -2.30. The van der Waals surface area contributed by atoms with Gasteiger partial charge < -0.3 is 13.7 Å². The molecule has 1 aliphatic rings. The molecule has 0 atom stereocenters. The van der Waals surface area contributed by atoms with Crippen molar-refractivity contribution >= 4 is 16.3 Å². The van der Waals surface area contributed by atoms with Crippen LogP contribution in [0.25, 0.3) is 0 Å². The van der Waals surface area contributed by atoms with Crippen molar-refractivity contribution in [2.75, 3.05) is 13.1 Å². The number of ether oxygens (including phenoxy) is 2. The van der Waals surface area contributed by atoms with E-state index in [0.29, 0.717) is 18.6 Å². The zero-order valence-corrected chi connectivity index (χ0v) is 14.0. The van der Waals surface area contributed by atoms with E-state index in [-0.39, 0.29) is 24.9 Å². The predicted molar refractivity (Wildman–Crippen MR) is 79.0 cm³/mol. The van der Waals surface area contributed by atoms with Gasteiger partial charge in [-0.1, -0.05) is 0 Å². The van der Waals surface area contributed by atoms with Crippen LogP contribution >= 0.6 is 0 Å². The first-order valence-corrected chi connectivity index (χ1v) is 8.64. The van der Waals surface area contributed by atoms with Gasteiger partial charge in [-0.05, 0) is 37.1 Å². The highest BCUT2D eigenvalue weighted by molar-refractivity contribution is 7.84. The smallest absolute Gasteiger partial charge is 0.490 e. The molecule has 0 amide bonds. The topological polar surface area (TPSA) is 82.1 Å². The average molecular weight is 383 g/mol. The molecule has 0 aliphatic carbocycles. The fourth-order valence-electron chi connectivity index (χ4n) is 2.29. The summed E-state index contributed by atoms with van der Waals surface area (Å²) in [6.07, 6.45) is -4.37. The molecule has 0 aromatic heterocycles. The molecule has 1 aromatic rings. The van der Waals surface area contributed by atoms with Gasteiger partial charge in [0.2, 0.25) is 0 Å². The Morgan fingerprint density at radius 3 is 2.12 bits per heavy atom. The van der Waals surface area contributed by atoms with Crippen molar-refractivity contribution in [3.63, 3.8) is 0 Å². The summed E-state index contributed by atoms with van der Waals surface area (Å²) < 4.78 is 74.5. The Balaban J connectivity index is 1.87. The van der Waals surface area contributed by atoms with Crippen LogP contribution in [0, 0.1) is 0 Å². The molecular weight excluding hydrogens is 367 g/mol. The van der Waals surface area contributed by atoms with Crippen molar-refractivity contribution in [2.24, 2.45) is 0 Å². The van der Waals surface area contributed by atoms with Gasteiger partial charge >= 0.3 is 22.6 Å². The molecule has 1 heterocycles. The van der Waals surface area contributed by atoms with Crippen LogP contribution in [0.4, 0.5) is 13.2 Å². The number of hydrogen-bond acceptors (Lipinski definition) is 6. The standard InChI is InChI=1S/C14H16F3NO6S/c1-10(19)24-25(20,21)18-8-6-12(7-9-18)22-11-2-4-13(5-3-11)23-14(15,16)17/h2-5,12H,6-9H2,1H3. The van der Waals surface area contributed by atoms with Crippen molar-refractivity contribution in [3.8, 4) is 11.5 Å². The lowest BCUT2D eigenvalue weighted by molar-refractivity contribution is -0.274. The molecule has 0 N–H and O–H groups in total. The molecule has 1 aliphatic heterocycles. The molecule has 25 heavy (non-hydrogen) atoms. The van der Waals surface area contributed by atoms with E-state index < -0.39 is 22.6 Å². The number of piperidine rings is 1. The van der Waals surface area contributed by atoms with Gasteiger partial charge in [0.15, 0.2) is 0 Å². The zero-order chi connectivity index (χ0) is 18.7. The molecule has 1 aromatic carbocycles. The SMILES string of the molecule is CC(=O)OS(=O)(=O)N1CCC(Oc2ccc(OC(F)(F)F)cc2)CC1. The number of carbonyl (C=O) groups excluding carboxylic acids is 1. The van der Waals surface area contributed by atoms with E-state index in [4.69, 9.17) is 4.74 Å². The monoisotopic (exact) mass is 383 g/mol. The van der Waals surface area contributed by atoms with E-state index in [0.717, 1.165) is 23.4 Å². The van der Waals surface area contributed by atoms with Crippen molar-refractivity contribution < 1.29 is 40.0 Å². The summed E-state index contributed by atoms with van der Waals surface area (Å²) in [6, 6.07) is 4.93. The molecule has 7 nitrogen and oxygen atoms in total. The van der Waals surface area contributed by atoms with Crippen LogP contribution in [0.3, 0.4) is 0 Å². The highest BCUT2D eigenvalue weighted by Crippen LogP contribution is 2.26. The largest absolute Gasteiger partial charge is 0.573 e. The van der Waals surface area contributed by atoms with E-state index in [1.807, 2.05) is 0 Å². The molecule has 1 fully saturated rings. The van der Waals surface area contributed by atoms with Gasteiger partial charge in [-0.15, -0.1) is 13.2 Å². The third kappa shape index (κ3) is 6.09. The number of alkyl halides is 3. The van der Waals surface area contributed by atoms with E-state index in [2.05, 4.69) is 8.92 Å². The molecular formula is C14H16F3NO6S. The molecule has 1 saturated heterocycles. The lowest BCUT2D eigenvalue weighted by atomic mass is 10.1. The Hall–Kier alpha value is -2.01. The fraction of sp³-hybridized carbons (Fsp3) is 0.500. The minimum atomic E-state index is -4.76. The minimum Gasteiger partial charge on any atom is -0.490 e. The van der Waals surface area contributed by atoms with Gasteiger partial charge in [-0.25, -0.2) is 0 Å². The summed E-state index contributed by atoms with van der Waals surface area (Å²) in [5.41, 5.74) is 0. The summed E-state index contributed by atoms with van der Waals surface area (Å²) in [5, 5.41) is 0. The average Bonchev–Trinajstić information content (AvgIpc) is 2.47. The van der Waals surface area contributed by atoms with Crippen LogP contribution in [0.2, 0.25) is 0 Å². The van der Waals surface area contributed by atoms with Crippen molar-refractivity contribution in [1.29, 1.82) is 0 Å². The van der Waals surface area contributed by atoms with Crippen LogP contribution in [-0.4, -0.2) is 44.2 Å². The second-order valence-electron chi connectivity index (χ2n) is 5.27. The van der Waals surface area contributed by atoms with Gasteiger partial charge in [-0.3, -0.25) is 4.79 Å². The van der Waals surface area contributed by atoms with Crippen LogP contribution in [0.15, 0.2) is 24.3 Å². The Bertz CT molecular complexity index is 696. The fourth-order valence-corrected chi connectivity index (χ4v) is 3.35. The number of nitrogens with zero attached hydrogens (tertiary/aromatic N) is 1. The number of halogens is 3. The summed E-state index contributed by atoms with van der Waals surface area (Å²) in [4.78, 5) is 10.8. The van der Waals surface area contributed by atoms with Crippen LogP contribution in [-0.2, 0) is 19.3 Å². The summed E-state index contributed by atoms with van der Waals surface area (Å²) in [5.74, 6) is -0.933. The van der Waals surface area contributed by atoms with Gasteiger partial charge in [0, 0.05) is 20.0 Å².